The maximum Gasteiger partial charge on any atom is 0.416 e. The van der Waals surface area contributed by atoms with Crippen molar-refractivity contribution in [2.45, 2.75) is 45.0 Å². The lowest BCUT2D eigenvalue weighted by Crippen LogP contribution is -2.48. The summed E-state index contributed by atoms with van der Waals surface area (Å²) in [5.41, 5.74) is -1.15. The van der Waals surface area contributed by atoms with Crippen LogP contribution >= 0.6 is 0 Å². The van der Waals surface area contributed by atoms with E-state index in [1.54, 1.807) is 4.90 Å². The fourth-order valence-corrected chi connectivity index (χ4v) is 2.23. The molecule has 0 saturated carbocycles. The molecule has 8 heteroatoms. The summed E-state index contributed by atoms with van der Waals surface area (Å²) in [6.45, 7) is 6.44. The first-order valence-corrected chi connectivity index (χ1v) is 7.31. The summed E-state index contributed by atoms with van der Waals surface area (Å²) in [4.78, 5) is 17.4. The lowest BCUT2D eigenvalue weighted by atomic mass is 10.1. The third-order valence-electron chi connectivity index (χ3n) is 3.26. The highest BCUT2D eigenvalue weighted by atomic mass is 19.4. The van der Waals surface area contributed by atoms with Gasteiger partial charge in [-0.05, 0) is 26.8 Å². The van der Waals surface area contributed by atoms with E-state index < -0.39 is 11.7 Å². The van der Waals surface area contributed by atoms with Crippen LogP contribution in [0.25, 0.3) is 0 Å². The van der Waals surface area contributed by atoms with Crippen molar-refractivity contribution in [3.8, 4) is 5.88 Å². The standard InChI is InChI=1S/C15H20F3N3O2/c1-14(2,3)20-13(22)21-7-5-11(9-21)23-12-8-10(4-6-19-12)15(16,17)18/h4,6,8,11H,5,7,9H2,1-3H3,(H,20,22)/t11-/m1/s1. The van der Waals surface area contributed by atoms with Gasteiger partial charge in [0.2, 0.25) is 5.88 Å². The maximum atomic E-state index is 12.7. The van der Waals surface area contributed by atoms with Gasteiger partial charge in [-0.25, -0.2) is 9.78 Å². The molecule has 1 fully saturated rings. The number of alkyl halides is 3. The first kappa shape index (κ1) is 17.4. The van der Waals surface area contributed by atoms with Crippen LogP contribution in [0.2, 0.25) is 0 Å². The van der Waals surface area contributed by atoms with Gasteiger partial charge in [-0.1, -0.05) is 0 Å². The highest BCUT2D eigenvalue weighted by Crippen LogP contribution is 2.31. The SMILES string of the molecule is CC(C)(C)NC(=O)N1CC[C@@H](Oc2cc(C(F)(F)F)ccn2)C1. The number of amides is 2. The molecule has 0 bridgehead atoms. The third-order valence-corrected chi connectivity index (χ3v) is 3.26. The summed E-state index contributed by atoms with van der Waals surface area (Å²) in [5.74, 6) is -0.0806. The summed E-state index contributed by atoms with van der Waals surface area (Å²) in [5, 5.41) is 2.84. The lowest BCUT2D eigenvalue weighted by molar-refractivity contribution is -0.137. The molecule has 0 unspecified atom stereocenters. The molecule has 2 heterocycles. The second-order valence-corrected chi connectivity index (χ2v) is 6.54. The minimum absolute atomic E-state index is 0.0806. The van der Waals surface area contributed by atoms with Crippen LogP contribution in [0.5, 0.6) is 5.88 Å². The summed E-state index contributed by atoms with van der Waals surface area (Å²) >= 11 is 0. The molecular formula is C15H20F3N3O2. The second-order valence-electron chi connectivity index (χ2n) is 6.54. The molecule has 128 valence electrons. The van der Waals surface area contributed by atoms with Crippen LogP contribution in [0.3, 0.4) is 0 Å². The molecule has 1 N–H and O–H groups in total. The van der Waals surface area contributed by atoms with Crippen LogP contribution in [0, 0.1) is 0 Å². The van der Waals surface area contributed by atoms with Crippen molar-refractivity contribution in [1.29, 1.82) is 0 Å². The topological polar surface area (TPSA) is 54.5 Å². The minimum Gasteiger partial charge on any atom is -0.472 e. The van der Waals surface area contributed by atoms with E-state index >= 15 is 0 Å². The average molecular weight is 331 g/mol. The number of carbonyl (C=O) groups excluding carboxylic acids is 1. The number of halogens is 3. The Balaban J connectivity index is 1.95. The molecule has 0 spiro atoms. The Kier molecular flexibility index (Phi) is 4.72. The molecule has 1 aromatic rings. The molecule has 1 aliphatic rings. The van der Waals surface area contributed by atoms with Gasteiger partial charge in [0.15, 0.2) is 0 Å². The molecule has 2 amide bonds. The van der Waals surface area contributed by atoms with Crippen molar-refractivity contribution < 1.29 is 22.7 Å². The molecule has 1 atom stereocenters. The Hall–Kier alpha value is -1.99. The van der Waals surface area contributed by atoms with Crippen LogP contribution in [0.15, 0.2) is 18.3 Å². The number of carbonyl (C=O) groups is 1. The Labute approximate surface area is 132 Å². The van der Waals surface area contributed by atoms with Gasteiger partial charge in [0, 0.05) is 30.8 Å². The van der Waals surface area contributed by atoms with E-state index in [2.05, 4.69) is 10.3 Å². The summed E-state index contributed by atoms with van der Waals surface area (Å²) in [6.07, 6.45) is -3.18. The fourth-order valence-electron chi connectivity index (χ4n) is 2.23. The molecule has 1 aliphatic heterocycles. The monoisotopic (exact) mass is 331 g/mol. The van der Waals surface area contributed by atoms with E-state index in [4.69, 9.17) is 4.74 Å². The molecule has 1 aromatic heterocycles. The summed E-state index contributed by atoms with van der Waals surface area (Å²) in [6, 6.07) is 1.56. The van der Waals surface area contributed by atoms with Gasteiger partial charge in [-0.15, -0.1) is 0 Å². The van der Waals surface area contributed by atoms with Crippen LogP contribution in [0.4, 0.5) is 18.0 Å². The molecule has 0 aliphatic carbocycles. The highest BCUT2D eigenvalue weighted by molar-refractivity contribution is 5.75. The van der Waals surface area contributed by atoms with E-state index in [-0.39, 0.29) is 23.6 Å². The summed E-state index contributed by atoms with van der Waals surface area (Å²) in [7, 11) is 0. The van der Waals surface area contributed by atoms with Crippen LogP contribution in [-0.4, -0.2) is 40.6 Å². The van der Waals surface area contributed by atoms with E-state index in [0.717, 1.165) is 18.3 Å². The number of rotatable bonds is 2. The Morgan fingerprint density at radius 1 is 1.39 bits per heavy atom. The maximum absolute atomic E-state index is 12.7. The van der Waals surface area contributed by atoms with Gasteiger partial charge in [-0.2, -0.15) is 13.2 Å². The fraction of sp³-hybridized carbons (Fsp3) is 0.600. The van der Waals surface area contributed by atoms with Gasteiger partial charge < -0.3 is 15.0 Å². The number of pyridine rings is 1. The van der Waals surface area contributed by atoms with Gasteiger partial charge in [0.25, 0.3) is 0 Å². The molecule has 5 nitrogen and oxygen atoms in total. The zero-order valence-electron chi connectivity index (χ0n) is 13.3. The third kappa shape index (κ3) is 5.01. The molecule has 1 saturated heterocycles. The van der Waals surface area contributed by atoms with Gasteiger partial charge in [0.1, 0.15) is 6.10 Å². The van der Waals surface area contributed by atoms with Crippen molar-refractivity contribution in [3.63, 3.8) is 0 Å². The number of urea groups is 1. The molecule has 0 aromatic carbocycles. The quantitative estimate of drug-likeness (QED) is 0.906. The highest BCUT2D eigenvalue weighted by Gasteiger charge is 2.32. The van der Waals surface area contributed by atoms with Crippen molar-refractivity contribution in [1.82, 2.24) is 15.2 Å². The van der Waals surface area contributed by atoms with Crippen molar-refractivity contribution in [2.24, 2.45) is 0 Å². The van der Waals surface area contributed by atoms with Crippen LogP contribution in [-0.2, 0) is 6.18 Å². The number of likely N-dealkylation sites (tertiary alicyclic amines) is 1. The number of nitrogens with zero attached hydrogens (tertiary/aromatic N) is 2. The van der Waals surface area contributed by atoms with E-state index in [9.17, 15) is 18.0 Å². The Morgan fingerprint density at radius 2 is 2.09 bits per heavy atom. The molecule has 0 radical (unpaired) electrons. The number of hydrogen-bond acceptors (Lipinski definition) is 3. The first-order chi connectivity index (χ1) is 10.5. The molecule has 23 heavy (non-hydrogen) atoms. The average Bonchev–Trinajstić information content (AvgIpc) is 2.85. The number of nitrogens with one attached hydrogen (secondary N) is 1. The van der Waals surface area contributed by atoms with Crippen molar-refractivity contribution in [2.75, 3.05) is 13.1 Å². The van der Waals surface area contributed by atoms with Crippen molar-refractivity contribution >= 4 is 6.03 Å². The lowest BCUT2D eigenvalue weighted by Gasteiger charge is -2.25. The Morgan fingerprint density at radius 3 is 2.70 bits per heavy atom. The number of aromatic nitrogens is 1. The number of ether oxygens (including phenoxy) is 1. The Bertz CT molecular complexity index is 570. The smallest absolute Gasteiger partial charge is 0.416 e. The first-order valence-electron chi connectivity index (χ1n) is 7.31. The van der Waals surface area contributed by atoms with Crippen LogP contribution < -0.4 is 10.1 Å². The zero-order valence-corrected chi connectivity index (χ0v) is 13.3. The van der Waals surface area contributed by atoms with Crippen LogP contribution in [0.1, 0.15) is 32.8 Å². The molecule has 2 rings (SSSR count). The van der Waals surface area contributed by atoms with E-state index in [1.807, 2.05) is 20.8 Å². The number of hydrogen-bond donors (Lipinski definition) is 1. The van der Waals surface area contributed by atoms with Gasteiger partial charge in [0.05, 0.1) is 12.1 Å². The van der Waals surface area contributed by atoms with E-state index in [0.29, 0.717) is 19.5 Å². The van der Waals surface area contributed by atoms with Gasteiger partial charge in [-0.3, -0.25) is 0 Å². The summed E-state index contributed by atoms with van der Waals surface area (Å²) < 4.78 is 43.5. The van der Waals surface area contributed by atoms with Crippen molar-refractivity contribution in [3.05, 3.63) is 23.9 Å². The normalized spacial score (nSPS) is 18.9. The predicted octanol–water partition coefficient (Wildman–Crippen LogP) is 3.06. The largest absolute Gasteiger partial charge is 0.472 e. The zero-order chi connectivity index (χ0) is 17.3. The minimum atomic E-state index is -4.44. The van der Waals surface area contributed by atoms with Gasteiger partial charge >= 0.3 is 12.2 Å². The van der Waals surface area contributed by atoms with E-state index in [1.165, 1.54) is 0 Å². The predicted molar refractivity (Wildman–Crippen MR) is 78.1 cm³/mol. The molecular weight excluding hydrogens is 311 g/mol. The second kappa shape index (κ2) is 6.25.